The van der Waals surface area contributed by atoms with Crippen molar-refractivity contribution in [2.24, 2.45) is 22.4 Å². The molecule has 8 heteroatoms. The molecule has 1 aromatic carbocycles. The highest BCUT2D eigenvalue weighted by atomic mass is 35.5. The van der Waals surface area contributed by atoms with E-state index in [2.05, 4.69) is 16.0 Å². The van der Waals surface area contributed by atoms with Gasteiger partial charge in [0.05, 0.1) is 28.4 Å². The molecule has 39 heavy (non-hydrogen) atoms. The van der Waals surface area contributed by atoms with Crippen molar-refractivity contribution >= 4 is 29.0 Å². The number of benzene rings is 1. The van der Waals surface area contributed by atoms with Crippen LogP contribution in [0.5, 0.6) is 0 Å². The molecule has 7 nitrogen and oxygen atoms in total. The average Bonchev–Trinajstić information content (AvgIpc) is 3.65. The topological polar surface area (TPSA) is 83.2 Å². The highest BCUT2D eigenvalue weighted by Gasteiger charge is 2.43. The number of rotatable bonds is 3. The van der Waals surface area contributed by atoms with Crippen LogP contribution >= 0.6 is 11.6 Å². The van der Waals surface area contributed by atoms with Gasteiger partial charge >= 0.3 is 6.03 Å². The zero-order chi connectivity index (χ0) is 27.0. The summed E-state index contributed by atoms with van der Waals surface area (Å²) in [6, 6.07) is 8.50. The number of carbonyl (C=O) groups excluding carboxylic acids is 1. The minimum atomic E-state index is -0.249. The molecule has 0 radical (unpaired) electrons. The Kier molecular flexibility index (Phi) is 7.79. The maximum Gasteiger partial charge on any atom is 0.320 e. The summed E-state index contributed by atoms with van der Waals surface area (Å²) < 4.78 is 0. The number of aliphatic hydroxyl groups is 1. The fourth-order valence-corrected chi connectivity index (χ4v) is 8.21. The van der Waals surface area contributed by atoms with Crippen molar-refractivity contribution in [3.63, 3.8) is 0 Å². The van der Waals surface area contributed by atoms with Crippen molar-refractivity contribution in [1.29, 1.82) is 5.26 Å². The fraction of sp³-hybridized carbons (Fsp3) is 0.710. The monoisotopic (exact) mass is 551 g/mol. The zero-order valence-electron chi connectivity index (χ0n) is 23.0. The van der Waals surface area contributed by atoms with Crippen LogP contribution in [0.1, 0.15) is 89.0 Å². The number of hydrazone groups is 1. The Hall–Kier alpha value is -2.30. The van der Waals surface area contributed by atoms with Gasteiger partial charge in [-0.2, -0.15) is 10.4 Å². The van der Waals surface area contributed by atoms with Gasteiger partial charge in [-0.15, -0.1) is 0 Å². The molecule has 1 atom stereocenters. The number of urea groups is 1. The van der Waals surface area contributed by atoms with Crippen LogP contribution in [-0.2, 0) is 0 Å². The Bertz CT molecular complexity index is 1120. The third kappa shape index (κ3) is 5.52. The van der Waals surface area contributed by atoms with E-state index in [4.69, 9.17) is 16.7 Å². The van der Waals surface area contributed by atoms with Crippen LogP contribution in [0.4, 0.5) is 10.5 Å². The molecule has 1 unspecified atom stereocenters. The van der Waals surface area contributed by atoms with Crippen molar-refractivity contribution in [3.05, 3.63) is 28.8 Å². The van der Waals surface area contributed by atoms with Crippen LogP contribution in [0, 0.1) is 28.6 Å². The van der Waals surface area contributed by atoms with Crippen LogP contribution in [0.25, 0.3) is 0 Å². The number of hydrogen-bond acceptors (Lipinski definition) is 5. The molecule has 1 aromatic rings. The molecule has 0 aromatic heterocycles. The summed E-state index contributed by atoms with van der Waals surface area (Å²) >= 11 is 6.43. The normalized spacial score (nSPS) is 26.7. The van der Waals surface area contributed by atoms with Crippen molar-refractivity contribution in [3.8, 4) is 6.07 Å². The third-order valence-electron chi connectivity index (χ3n) is 10.6. The average molecular weight is 552 g/mol. The van der Waals surface area contributed by atoms with Crippen molar-refractivity contribution < 1.29 is 9.90 Å². The second-order valence-corrected chi connectivity index (χ2v) is 13.2. The second-order valence-electron chi connectivity index (χ2n) is 12.8. The number of likely N-dealkylation sites (tertiary alicyclic amines) is 2. The maximum atomic E-state index is 13.0. The molecule has 3 aliphatic heterocycles. The Morgan fingerprint density at radius 3 is 2.28 bits per heavy atom. The molecule has 4 fully saturated rings. The number of aliphatic hydroxyl groups excluding tert-OH is 1. The van der Waals surface area contributed by atoms with E-state index < -0.39 is 0 Å². The molecule has 0 bridgehead atoms. The predicted molar refractivity (Wildman–Crippen MR) is 154 cm³/mol. The summed E-state index contributed by atoms with van der Waals surface area (Å²) in [6.45, 7) is 3.08. The van der Waals surface area contributed by atoms with Crippen LogP contribution in [0.2, 0.25) is 5.02 Å². The van der Waals surface area contributed by atoms with Crippen molar-refractivity contribution in [1.82, 2.24) is 9.80 Å². The van der Waals surface area contributed by atoms with Gasteiger partial charge in [-0.05, 0) is 99.7 Å². The molecule has 3 heterocycles. The Labute approximate surface area is 237 Å². The molecule has 6 rings (SSSR count). The van der Waals surface area contributed by atoms with Crippen LogP contribution < -0.4 is 5.01 Å². The molecule has 2 aliphatic carbocycles. The van der Waals surface area contributed by atoms with Crippen LogP contribution in [0.3, 0.4) is 0 Å². The summed E-state index contributed by atoms with van der Waals surface area (Å²) in [5.74, 6) is 1.21. The van der Waals surface area contributed by atoms with Crippen LogP contribution in [0.15, 0.2) is 23.3 Å². The number of amides is 2. The van der Waals surface area contributed by atoms with Gasteiger partial charge in [0.15, 0.2) is 0 Å². The van der Waals surface area contributed by atoms with Gasteiger partial charge in [-0.3, -0.25) is 5.01 Å². The molecule has 1 N–H and O–H groups in total. The van der Waals surface area contributed by atoms with Gasteiger partial charge < -0.3 is 14.9 Å². The fourth-order valence-electron chi connectivity index (χ4n) is 7.99. The minimum absolute atomic E-state index is 0.173. The highest BCUT2D eigenvalue weighted by Crippen LogP contribution is 2.48. The van der Waals surface area contributed by atoms with Gasteiger partial charge in [0, 0.05) is 38.3 Å². The van der Waals surface area contributed by atoms with Crippen LogP contribution in [-0.4, -0.2) is 65.0 Å². The van der Waals surface area contributed by atoms with Gasteiger partial charge in [0.2, 0.25) is 0 Å². The molecular formula is C31H42ClN5O2. The van der Waals surface area contributed by atoms with Crippen molar-refractivity contribution in [2.45, 2.75) is 95.6 Å². The molecule has 5 aliphatic rings. The largest absolute Gasteiger partial charge is 0.393 e. The zero-order valence-corrected chi connectivity index (χ0v) is 23.8. The maximum absolute atomic E-state index is 13.0. The summed E-state index contributed by atoms with van der Waals surface area (Å²) in [5.41, 5.74) is 3.26. The quantitative estimate of drug-likeness (QED) is 0.486. The third-order valence-corrected chi connectivity index (χ3v) is 10.9. The van der Waals surface area contributed by atoms with E-state index in [-0.39, 0.29) is 12.1 Å². The van der Waals surface area contributed by atoms with Gasteiger partial charge in [-0.1, -0.05) is 24.4 Å². The lowest BCUT2D eigenvalue weighted by atomic mass is 9.64. The number of hydrogen-bond donors (Lipinski definition) is 1. The van der Waals surface area contributed by atoms with Gasteiger partial charge in [-0.25, -0.2) is 4.79 Å². The summed E-state index contributed by atoms with van der Waals surface area (Å²) in [6.07, 6.45) is 14.4. The number of carbonyl (C=O) groups is 1. The first kappa shape index (κ1) is 26.9. The molecular weight excluding hydrogens is 510 g/mol. The van der Waals surface area contributed by atoms with E-state index in [1.54, 1.807) is 0 Å². The van der Waals surface area contributed by atoms with E-state index in [1.807, 2.05) is 23.1 Å². The number of halogens is 1. The number of nitriles is 1. The van der Waals surface area contributed by atoms with E-state index in [0.29, 0.717) is 59.8 Å². The van der Waals surface area contributed by atoms with E-state index in [0.717, 1.165) is 38.0 Å². The van der Waals surface area contributed by atoms with E-state index >= 15 is 0 Å². The Morgan fingerprint density at radius 2 is 1.64 bits per heavy atom. The SMILES string of the molecule is N#Cc1ccc(N2N=C(C3CCC4(CC3)CCN(C(=O)N3CCC(O)CC3)CC4)CC2C2CCCC2)cc1Cl. The Balaban J connectivity index is 1.08. The lowest BCUT2D eigenvalue weighted by molar-refractivity contribution is 0.0493. The molecule has 2 saturated carbocycles. The predicted octanol–water partition coefficient (Wildman–Crippen LogP) is 6.19. The summed E-state index contributed by atoms with van der Waals surface area (Å²) in [7, 11) is 0. The first-order chi connectivity index (χ1) is 18.9. The number of nitrogens with zero attached hydrogens (tertiary/aromatic N) is 5. The lowest BCUT2D eigenvalue weighted by Crippen LogP contribution is -2.51. The standard InChI is InChI=1S/C31H42ClN5O2/c32-27-19-25(6-5-24(27)21-33)37-29(23-3-1-2-4-23)20-28(34-37)22-7-11-31(12-8-22)13-17-36(18-14-31)30(39)35-15-9-26(38)10-16-35/h5-6,19,22-23,26,29,38H,1-4,7-18,20H2. The smallest absolute Gasteiger partial charge is 0.320 e. The van der Waals surface area contributed by atoms with Gasteiger partial charge in [0.1, 0.15) is 6.07 Å². The molecule has 2 saturated heterocycles. The van der Waals surface area contributed by atoms with Crippen molar-refractivity contribution in [2.75, 3.05) is 31.2 Å². The van der Waals surface area contributed by atoms with E-state index in [9.17, 15) is 15.2 Å². The number of anilines is 1. The van der Waals surface area contributed by atoms with E-state index in [1.165, 1.54) is 57.1 Å². The highest BCUT2D eigenvalue weighted by molar-refractivity contribution is 6.32. The summed E-state index contributed by atoms with van der Waals surface area (Å²) in [5, 5.41) is 27.1. The van der Waals surface area contributed by atoms with Gasteiger partial charge in [0.25, 0.3) is 0 Å². The lowest BCUT2D eigenvalue weighted by Gasteiger charge is -2.47. The first-order valence-corrected chi connectivity index (χ1v) is 15.6. The Morgan fingerprint density at radius 1 is 0.974 bits per heavy atom. The summed E-state index contributed by atoms with van der Waals surface area (Å²) in [4.78, 5) is 17.0. The molecule has 210 valence electrons. The number of piperidine rings is 2. The molecule has 1 spiro atoms. The molecule has 2 amide bonds. The first-order valence-electron chi connectivity index (χ1n) is 15.2. The minimum Gasteiger partial charge on any atom is -0.393 e. The second kappa shape index (κ2) is 11.3.